The van der Waals surface area contributed by atoms with Gasteiger partial charge >= 0.3 is 0 Å². The fourth-order valence-corrected chi connectivity index (χ4v) is 3.30. The third-order valence-corrected chi connectivity index (χ3v) is 4.86. The van der Waals surface area contributed by atoms with Crippen molar-refractivity contribution in [3.63, 3.8) is 0 Å². The lowest BCUT2D eigenvalue weighted by atomic mass is 10.3. The van der Waals surface area contributed by atoms with E-state index in [2.05, 4.69) is 48.1 Å². The molecule has 0 amide bonds. The van der Waals surface area contributed by atoms with Crippen LogP contribution in [0.1, 0.15) is 4.88 Å². The molecule has 0 fully saturated rings. The maximum Gasteiger partial charge on any atom is 0.226 e. The van der Waals surface area contributed by atoms with Gasteiger partial charge in [-0.15, -0.1) is 11.3 Å². The van der Waals surface area contributed by atoms with Gasteiger partial charge in [-0.05, 0) is 42.1 Å². The van der Waals surface area contributed by atoms with Crippen LogP contribution in [0.5, 0.6) is 5.75 Å². The molecule has 3 heterocycles. The van der Waals surface area contributed by atoms with Crippen LogP contribution in [0.2, 0.25) is 0 Å². The van der Waals surface area contributed by atoms with E-state index in [-0.39, 0.29) is 0 Å². The average molecular weight is 378 g/mol. The standard InChI is InChI=1S/C19H18N6OS/c1-26-14-6-4-13(5-7-14)23-18-16-17(21-11-10-20-16)24-19(25-18)22-9-8-15-3-2-12-27-15/h2-7,10-12H,8-9H2,1H3,(H2,21,22,23,24,25). The lowest BCUT2D eigenvalue weighted by Gasteiger charge is -2.11. The fourth-order valence-electron chi connectivity index (χ4n) is 2.59. The van der Waals surface area contributed by atoms with Crippen molar-refractivity contribution in [1.82, 2.24) is 19.9 Å². The second kappa shape index (κ2) is 7.96. The number of fused-ring (bicyclic) bond motifs is 1. The predicted octanol–water partition coefficient (Wildman–Crippen LogP) is 3.89. The van der Waals surface area contributed by atoms with Gasteiger partial charge in [-0.25, -0.2) is 9.97 Å². The number of nitrogens with one attached hydrogen (secondary N) is 2. The molecule has 0 spiro atoms. The minimum atomic E-state index is 0.524. The van der Waals surface area contributed by atoms with E-state index in [1.807, 2.05) is 24.3 Å². The molecule has 3 aromatic heterocycles. The molecule has 136 valence electrons. The summed E-state index contributed by atoms with van der Waals surface area (Å²) in [6.45, 7) is 0.744. The Balaban J connectivity index is 1.57. The molecule has 4 aromatic rings. The normalized spacial score (nSPS) is 10.7. The molecular weight excluding hydrogens is 360 g/mol. The van der Waals surface area contributed by atoms with Crippen molar-refractivity contribution in [2.45, 2.75) is 6.42 Å². The topological polar surface area (TPSA) is 84.9 Å². The van der Waals surface area contributed by atoms with Crippen LogP contribution in [0.25, 0.3) is 11.2 Å². The molecule has 4 rings (SSSR count). The minimum absolute atomic E-state index is 0.524. The van der Waals surface area contributed by atoms with Gasteiger partial charge in [0.2, 0.25) is 5.95 Å². The van der Waals surface area contributed by atoms with E-state index in [0.717, 1.165) is 24.4 Å². The number of benzene rings is 1. The van der Waals surface area contributed by atoms with Gasteiger partial charge in [0, 0.05) is 29.5 Å². The maximum absolute atomic E-state index is 5.20. The number of rotatable bonds is 7. The van der Waals surface area contributed by atoms with E-state index in [0.29, 0.717) is 22.9 Å². The maximum atomic E-state index is 5.20. The van der Waals surface area contributed by atoms with Crippen molar-refractivity contribution in [1.29, 1.82) is 0 Å². The third kappa shape index (κ3) is 4.12. The number of anilines is 3. The van der Waals surface area contributed by atoms with Crippen molar-refractivity contribution in [3.8, 4) is 5.75 Å². The molecule has 8 heteroatoms. The van der Waals surface area contributed by atoms with Crippen LogP contribution >= 0.6 is 11.3 Å². The van der Waals surface area contributed by atoms with Gasteiger partial charge in [-0.3, -0.25) is 0 Å². The molecule has 0 saturated carbocycles. The molecule has 0 bridgehead atoms. The summed E-state index contributed by atoms with van der Waals surface area (Å²) in [7, 11) is 1.64. The van der Waals surface area contributed by atoms with E-state index in [1.54, 1.807) is 30.8 Å². The summed E-state index contributed by atoms with van der Waals surface area (Å²) in [5.41, 5.74) is 2.05. The summed E-state index contributed by atoms with van der Waals surface area (Å²) in [6, 6.07) is 11.8. The van der Waals surface area contributed by atoms with Gasteiger partial charge in [-0.2, -0.15) is 9.97 Å². The van der Waals surface area contributed by atoms with Gasteiger partial charge < -0.3 is 15.4 Å². The number of aromatic nitrogens is 4. The molecule has 0 unspecified atom stereocenters. The van der Waals surface area contributed by atoms with Crippen LogP contribution in [-0.2, 0) is 6.42 Å². The molecule has 1 aromatic carbocycles. The Kier molecular flexibility index (Phi) is 5.06. The SMILES string of the molecule is COc1ccc(Nc2nc(NCCc3cccs3)nc3nccnc23)cc1. The van der Waals surface area contributed by atoms with Crippen LogP contribution in [0.3, 0.4) is 0 Å². The van der Waals surface area contributed by atoms with E-state index >= 15 is 0 Å². The van der Waals surface area contributed by atoms with Crippen LogP contribution in [0.15, 0.2) is 54.2 Å². The second-order valence-corrected chi connectivity index (χ2v) is 6.77. The number of nitrogens with zero attached hydrogens (tertiary/aromatic N) is 4. The summed E-state index contributed by atoms with van der Waals surface area (Å²) < 4.78 is 5.20. The van der Waals surface area contributed by atoms with Crippen LogP contribution < -0.4 is 15.4 Å². The van der Waals surface area contributed by atoms with Gasteiger partial charge in [0.05, 0.1) is 7.11 Å². The molecule has 2 N–H and O–H groups in total. The highest BCUT2D eigenvalue weighted by molar-refractivity contribution is 7.09. The van der Waals surface area contributed by atoms with Crippen LogP contribution in [0, 0.1) is 0 Å². The second-order valence-electron chi connectivity index (χ2n) is 5.73. The molecule has 27 heavy (non-hydrogen) atoms. The zero-order valence-corrected chi connectivity index (χ0v) is 15.5. The van der Waals surface area contributed by atoms with Gasteiger partial charge in [-0.1, -0.05) is 6.07 Å². The molecule has 0 aliphatic rings. The smallest absolute Gasteiger partial charge is 0.226 e. The average Bonchev–Trinajstić information content (AvgIpc) is 3.22. The molecule has 0 aliphatic carbocycles. The van der Waals surface area contributed by atoms with Crippen LogP contribution in [-0.4, -0.2) is 33.6 Å². The minimum Gasteiger partial charge on any atom is -0.497 e. The molecule has 0 atom stereocenters. The first-order valence-corrected chi connectivity index (χ1v) is 9.36. The van der Waals surface area contributed by atoms with E-state index < -0.39 is 0 Å². The highest BCUT2D eigenvalue weighted by Crippen LogP contribution is 2.24. The third-order valence-electron chi connectivity index (χ3n) is 3.92. The van der Waals surface area contributed by atoms with Crippen molar-refractivity contribution in [2.75, 3.05) is 24.3 Å². The lowest BCUT2D eigenvalue weighted by Crippen LogP contribution is -2.09. The Morgan fingerprint density at radius 1 is 1.04 bits per heavy atom. The number of methoxy groups -OCH3 is 1. The number of hydrogen-bond acceptors (Lipinski definition) is 8. The summed E-state index contributed by atoms with van der Waals surface area (Å²) in [5, 5.41) is 8.65. The molecule has 0 saturated heterocycles. The fraction of sp³-hybridized carbons (Fsp3) is 0.158. The lowest BCUT2D eigenvalue weighted by molar-refractivity contribution is 0.415. The summed E-state index contributed by atoms with van der Waals surface area (Å²) in [4.78, 5) is 19.1. The highest BCUT2D eigenvalue weighted by atomic mass is 32.1. The summed E-state index contributed by atoms with van der Waals surface area (Å²) in [6.07, 6.45) is 4.18. The highest BCUT2D eigenvalue weighted by Gasteiger charge is 2.10. The summed E-state index contributed by atoms with van der Waals surface area (Å²) in [5.74, 6) is 1.93. The van der Waals surface area contributed by atoms with Crippen molar-refractivity contribution in [2.24, 2.45) is 0 Å². The zero-order chi connectivity index (χ0) is 18.5. The Hall–Kier alpha value is -3.26. The molecular formula is C19H18N6OS. The van der Waals surface area contributed by atoms with E-state index in [9.17, 15) is 0 Å². The predicted molar refractivity (Wildman–Crippen MR) is 108 cm³/mol. The van der Waals surface area contributed by atoms with Crippen molar-refractivity contribution < 1.29 is 4.74 Å². The molecule has 7 nitrogen and oxygen atoms in total. The summed E-state index contributed by atoms with van der Waals surface area (Å²) >= 11 is 1.74. The Morgan fingerprint density at radius 2 is 1.89 bits per heavy atom. The van der Waals surface area contributed by atoms with Gasteiger partial charge in [0.1, 0.15) is 5.75 Å². The quantitative estimate of drug-likeness (QED) is 0.505. The Morgan fingerprint density at radius 3 is 2.67 bits per heavy atom. The molecule has 0 radical (unpaired) electrons. The van der Waals surface area contributed by atoms with Gasteiger partial charge in [0.15, 0.2) is 17.0 Å². The first-order valence-electron chi connectivity index (χ1n) is 8.48. The molecule has 0 aliphatic heterocycles. The van der Waals surface area contributed by atoms with Gasteiger partial charge in [0.25, 0.3) is 0 Å². The largest absolute Gasteiger partial charge is 0.497 e. The first-order chi connectivity index (χ1) is 13.3. The van der Waals surface area contributed by atoms with Crippen LogP contribution in [0.4, 0.5) is 17.5 Å². The first kappa shape index (κ1) is 17.2. The Labute approximate surface area is 160 Å². The van der Waals surface area contributed by atoms with E-state index in [4.69, 9.17) is 4.74 Å². The van der Waals surface area contributed by atoms with E-state index in [1.165, 1.54) is 4.88 Å². The monoisotopic (exact) mass is 378 g/mol. The number of thiophene rings is 1. The number of ether oxygens (including phenoxy) is 1. The van der Waals surface area contributed by atoms with Crippen molar-refractivity contribution in [3.05, 3.63) is 59.0 Å². The zero-order valence-electron chi connectivity index (χ0n) is 14.7. The number of hydrogen-bond donors (Lipinski definition) is 2. The Bertz CT molecular complexity index is 1020. The van der Waals surface area contributed by atoms with Crippen molar-refractivity contribution >= 4 is 40.0 Å².